The molecule has 2 N–H and O–H groups in total. The number of methoxy groups -OCH3 is 1. The minimum atomic E-state index is -0.393. The smallest absolute Gasteiger partial charge is 0.337 e. The van der Waals surface area contributed by atoms with Crippen molar-refractivity contribution in [3.8, 4) is 5.75 Å². The Morgan fingerprint density at radius 3 is 2.90 bits per heavy atom. The molecule has 0 bridgehead atoms. The standard InChI is InChI=1S/C15H22N2O3/c1-17-8-3-4-12(17)7-9-20-14-6-5-11(10-13(14)16)15(18)19-2/h5-6,10,12H,3-4,7-9,16H2,1-2H3. The van der Waals surface area contributed by atoms with Crippen LogP contribution in [0.25, 0.3) is 0 Å². The molecule has 5 nitrogen and oxygen atoms in total. The fourth-order valence-corrected chi connectivity index (χ4v) is 2.57. The van der Waals surface area contributed by atoms with Gasteiger partial charge in [0.1, 0.15) is 5.75 Å². The van der Waals surface area contributed by atoms with Crippen LogP contribution in [0, 0.1) is 0 Å². The second-order valence-electron chi connectivity index (χ2n) is 5.16. The molecule has 0 amide bonds. The third-order valence-electron chi connectivity index (χ3n) is 3.81. The van der Waals surface area contributed by atoms with Crippen molar-refractivity contribution >= 4 is 11.7 Å². The summed E-state index contributed by atoms with van der Waals surface area (Å²) in [5.74, 6) is 0.231. The Kier molecular flexibility index (Phi) is 4.84. The summed E-state index contributed by atoms with van der Waals surface area (Å²) in [5.41, 5.74) is 6.80. The fraction of sp³-hybridized carbons (Fsp3) is 0.533. The monoisotopic (exact) mass is 278 g/mol. The van der Waals surface area contributed by atoms with Crippen LogP contribution in [0.1, 0.15) is 29.6 Å². The third kappa shape index (κ3) is 3.42. The van der Waals surface area contributed by atoms with Crippen molar-refractivity contribution in [2.75, 3.05) is 33.0 Å². The van der Waals surface area contributed by atoms with Gasteiger partial charge in [0.15, 0.2) is 0 Å². The molecule has 0 aliphatic carbocycles. The van der Waals surface area contributed by atoms with Gasteiger partial charge in [-0.1, -0.05) is 0 Å². The summed E-state index contributed by atoms with van der Waals surface area (Å²) in [6, 6.07) is 5.58. The number of rotatable bonds is 5. The van der Waals surface area contributed by atoms with Gasteiger partial charge < -0.3 is 20.1 Å². The molecule has 1 heterocycles. The normalized spacial score (nSPS) is 19.0. The van der Waals surface area contributed by atoms with Gasteiger partial charge in [-0.25, -0.2) is 4.79 Å². The van der Waals surface area contributed by atoms with Gasteiger partial charge in [-0.3, -0.25) is 0 Å². The Labute approximate surface area is 119 Å². The lowest BCUT2D eigenvalue weighted by molar-refractivity contribution is 0.0601. The Hall–Kier alpha value is -1.75. The lowest BCUT2D eigenvalue weighted by Gasteiger charge is -2.19. The third-order valence-corrected chi connectivity index (χ3v) is 3.81. The highest BCUT2D eigenvalue weighted by molar-refractivity contribution is 5.90. The van der Waals surface area contributed by atoms with Crippen LogP contribution >= 0.6 is 0 Å². The first kappa shape index (κ1) is 14.7. The summed E-state index contributed by atoms with van der Waals surface area (Å²) in [6.07, 6.45) is 3.49. The Morgan fingerprint density at radius 1 is 1.50 bits per heavy atom. The van der Waals surface area contributed by atoms with Crippen molar-refractivity contribution in [1.82, 2.24) is 4.90 Å². The van der Waals surface area contributed by atoms with Crippen molar-refractivity contribution in [1.29, 1.82) is 0 Å². The van der Waals surface area contributed by atoms with Gasteiger partial charge in [0.25, 0.3) is 0 Å². The maximum absolute atomic E-state index is 11.4. The molecule has 1 atom stereocenters. The predicted molar refractivity (Wildman–Crippen MR) is 78.0 cm³/mol. The number of hydrogen-bond donors (Lipinski definition) is 1. The minimum absolute atomic E-state index is 0.393. The molecule has 2 rings (SSSR count). The van der Waals surface area contributed by atoms with Gasteiger partial charge in [0.2, 0.25) is 0 Å². The number of likely N-dealkylation sites (tertiary alicyclic amines) is 1. The number of hydrogen-bond acceptors (Lipinski definition) is 5. The second kappa shape index (κ2) is 6.61. The van der Waals surface area contributed by atoms with E-state index in [1.165, 1.54) is 26.5 Å². The minimum Gasteiger partial charge on any atom is -0.491 e. The van der Waals surface area contributed by atoms with Gasteiger partial charge in [0.05, 0.1) is 25.0 Å². The molecule has 0 spiro atoms. The average Bonchev–Trinajstić information content (AvgIpc) is 2.85. The number of carbonyl (C=O) groups excluding carboxylic acids is 1. The average molecular weight is 278 g/mol. The summed E-state index contributed by atoms with van der Waals surface area (Å²) in [5, 5.41) is 0. The van der Waals surface area contributed by atoms with Gasteiger partial charge >= 0.3 is 5.97 Å². The second-order valence-corrected chi connectivity index (χ2v) is 5.16. The molecule has 1 aliphatic heterocycles. The molecule has 1 aromatic rings. The Balaban J connectivity index is 1.88. The van der Waals surface area contributed by atoms with Crippen molar-refractivity contribution in [3.63, 3.8) is 0 Å². The Morgan fingerprint density at radius 2 is 2.30 bits per heavy atom. The lowest BCUT2D eigenvalue weighted by atomic mass is 10.1. The summed E-state index contributed by atoms with van der Waals surface area (Å²) >= 11 is 0. The molecule has 1 aromatic carbocycles. The molecule has 0 aromatic heterocycles. The van der Waals surface area contributed by atoms with E-state index in [0.717, 1.165) is 6.42 Å². The van der Waals surface area contributed by atoms with Gasteiger partial charge in [-0.2, -0.15) is 0 Å². The quantitative estimate of drug-likeness (QED) is 0.658. The predicted octanol–water partition coefficient (Wildman–Crippen LogP) is 1.92. The van der Waals surface area contributed by atoms with Gasteiger partial charge in [0, 0.05) is 6.04 Å². The van der Waals surface area contributed by atoms with E-state index in [1.807, 2.05) is 0 Å². The van der Waals surface area contributed by atoms with E-state index in [0.29, 0.717) is 29.6 Å². The molecule has 0 radical (unpaired) electrons. The SMILES string of the molecule is COC(=O)c1ccc(OCCC2CCCN2C)c(N)c1. The zero-order chi connectivity index (χ0) is 14.5. The summed E-state index contributed by atoms with van der Waals surface area (Å²) in [6.45, 7) is 1.80. The number of nitrogen functional groups attached to an aromatic ring is 1. The first-order valence-electron chi connectivity index (χ1n) is 6.92. The van der Waals surface area contributed by atoms with E-state index in [9.17, 15) is 4.79 Å². The van der Waals surface area contributed by atoms with Crippen LogP contribution < -0.4 is 10.5 Å². The first-order valence-corrected chi connectivity index (χ1v) is 6.92. The van der Waals surface area contributed by atoms with E-state index in [1.54, 1.807) is 18.2 Å². The van der Waals surface area contributed by atoms with Crippen LogP contribution in [0.3, 0.4) is 0 Å². The lowest BCUT2D eigenvalue weighted by Crippen LogP contribution is -2.26. The van der Waals surface area contributed by atoms with E-state index >= 15 is 0 Å². The maximum Gasteiger partial charge on any atom is 0.337 e. The number of esters is 1. The van der Waals surface area contributed by atoms with Crippen LogP contribution in [0.2, 0.25) is 0 Å². The number of carbonyl (C=O) groups is 1. The highest BCUT2D eigenvalue weighted by Gasteiger charge is 2.20. The summed E-state index contributed by atoms with van der Waals surface area (Å²) in [7, 11) is 3.50. The highest BCUT2D eigenvalue weighted by atomic mass is 16.5. The van der Waals surface area contributed by atoms with Crippen LogP contribution in [-0.2, 0) is 4.74 Å². The number of benzene rings is 1. The van der Waals surface area contributed by atoms with E-state index in [4.69, 9.17) is 10.5 Å². The Bertz CT molecular complexity index is 476. The first-order chi connectivity index (χ1) is 9.61. The molecular formula is C15H22N2O3. The molecule has 20 heavy (non-hydrogen) atoms. The molecule has 1 fully saturated rings. The molecule has 1 aliphatic rings. The number of nitrogens with two attached hydrogens (primary N) is 1. The zero-order valence-corrected chi connectivity index (χ0v) is 12.1. The topological polar surface area (TPSA) is 64.8 Å². The van der Waals surface area contributed by atoms with Crippen LogP contribution in [-0.4, -0.2) is 44.2 Å². The van der Waals surface area contributed by atoms with Gasteiger partial charge in [-0.05, 0) is 51.1 Å². The molecule has 1 unspecified atom stereocenters. The highest BCUT2D eigenvalue weighted by Crippen LogP contribution is 2.24. The van der Waals surface area contributed by atoms with Crippen LogP contribution in [0.4, 0.5) is 5.69 Å². The van der Waals surface area contributed by atoms with E-state index in [-0.39, 0.29) is 0 Å². The summed E-state index contributed by atoms with van der Waals surface area (Å²) < 4.78 is 10.4. The van der Waals surface area contributed by atoms with Crippen LogP contribution in [0.5, 0.6) is 5.75 Å². The molecule has 1 saturated heterocycles. The number of anilines is 1. The largest absolute Gasteiger partial charge is 0.491 e. The van der Waals surface area contributed by atoms with Crippen molar-refractivity contribution in [2.24, 2.45) is 0 Å². The molecule has 0 saturated carbocycles. The van der Waals surface area contributed by atoms with Crippen molar-refractivity contribution in [2.45, 2.75) is 25.3 Å². The molecule has 110 valence electrons. The number of nitrogens with zero attached hydrogens (tertiary/aromatic N) is 1. The summed E-state index contributed by atoms with van der Waals surface area (Å²) in [4.78, 5) is 13.7. The maximum atomic E-state index is 11.4. The fourth-order valence-electron chi connectivity index (χ4n) is 2.57. The number of ether oxygens (including phenoxy) is 2. The molecule has 5 heteroatoms. The van der Waals surface area contributed by atoms with E-state index in [2.05, 4.69) is 16.7 Å². The molecular weight excluding hydrogens is 256 g/mol. The van der Waals surface area contributed by atoms with Crippen LogP contribution in [0.15, 0.2) is 18.2 Å². The van der Waals surface area contributed by atoms with Crippen molar-refractivity contribution < 1.29 is 14.3 Å². The van der Waals surface area contributed by atoms with Gasteiger partial charge in [-0.15, -0.1) is 0 Å². The van der Waals surface area contributed by atoms with Crippen molar-refractivity contribution in [3.05, 3.63) is 23.8 Å². The zero-order valence-electron chi connectivity index (χ0n) is 12.1. The van der Waals surface area contributed by atoms with E-state index < -0.39 is 5.97 Å².